The first-order chi connectivity index (χ1) is 13.8. The highest BCUT2D eigenvalue weighted by Crippen LogP contribution is 2.38. The van der Waals surface area contributed by atoms with Gasteiger partial charge < -0.3 is 4.74 Å². The highest BCUT2D eigenvalue weighted by molar-refractivity contribution is 6.33. The van der Waals surface area contributed by atoms with Crippen LogP contribution in [0.1, 0.15) is 61.7 Å². The molecule has 2 heterocycles. The van der Waals surface area contributed by atoms with E-state index in [0.717, 1.165) is 4.90 Å². The van der Waals surface area contributed by atoms with Gasteiger partial charge in [0, 0.05) is 47.2 Å². The Bertz CT molecular complexity index is 1020. The monoisotopic (exact) mass is 394 g/mol. The van der Waals surface area contributed by atoms with Crippen molar-refractivity contribution < 1.29 is 23.9 Å². The van der Waals surface area contributed by atoms with Gasteiger partial charge in [-0.1, -0.05) is 13.8 Å². The second-order valence-corrected chi connectivity index (χ2v) is 7.96. The molecule has 4 rings (SSSR count). The summed E-state index contributed by atoms with van der Waals surface area (Å²) in [4.78, 5) is 54.2. The molecular formula is C22H22N2O5. The van der Waals surface area contributed by atoms with Crippen molar-refractivity contribution in [3.05, 3.63) is 46.5 Å². The molecule has 2 aliphatic heterocycles. The molecule has 2 aromatic carbocycles. The summed E-state index contributed by atoms with van der Waals surface area (Å²) in [6, 6.07) is 5.89. The number of nitrogens with zero attached hydrogens (tertiary/aromatic N) is 2. The molecule has 0 saturated heterocycles. The largest absolute Gasteiger partial charge is 0.383 e. The molecule has 1 atom stereocenters. The number of carbonyl (C=O) groups is 4. The quantitative estimate of drug-likeness (QED) is 0.728. The van der Waals surface area contributed by atoms with E-state index in [2.05, 4.69) is 0 Å². The normalized spacial score (nSPS) is 17.0. The molecule has 2 aromatic rings. The van der Waals surface area contributed by atoms with E-state index in [-0.39, 0.29) is 12.5 Å². The van der Waals surface area contributed by atoms with Crippen molar-refractivity contribution in [1.82, 2.24) is 9.80 Å². The van der Waals surface area contributed by atoms with E-state index in [1.807, 2.05) is 13.8 Å². The summed E-state index contributed by atoms with van der Waals surface area (Å²) in [5, 5.41) is 0.781. The zero-order chi connectivity index (χ0) is 21.0. The first-order valence-electron chi connectivity index (χ1n) is 9.56. The lowest BCUT2D eigenvalue weighted by Gasteiger charge is -2.35. The van der Waals surface area contributed by atoms with Crippen molar-refractivity contribution in [2.45, 2.75) is 26.3 Å². The molecule has 7 nitrogen and oxygen atoms in total. The zero-order valence-electron chi connectivity index (χ0n) is 16.8. The number of methoxy groups -OCH3 is 1. The van der Waals surface area contributed by atoms with Gasteiger partial charge in [-0.3, -0.25) is 29.0 Å². The molecule has 7 heteroatoms. The van der Waals surface area contributed by atoms with Crippen molar-refractivity contribution >= 4 is 34.4 Å². The van der Waals surface area contributed by atoms with Gasteiger partial charge in [0.05, 0.1) is 12.6 Å². The number of benzene rings is 2. The lowest BCUT2D eigenvalue weighted by Crippen LogP contribution is -2.49. The van der Waals surface area contributed by atoms with E-state index in [1.165, 1.54) is 11.9 Å². The smallest absolute Gasteiger partial charge is 0.261 e. The summed E-state index contributed by atoms with van der Waals surface area (Å²) in [6.07, 6.45) is 0.613. The Morgan fingerprint density at radius 1 is 0.793 bits per heavy atom. The third-order valence-corrected chi connectivity index (χ3v) is 5.60. The van der Waals surface area contributed by atoms with Crippen molar-refractivity contribution in [3.63, 3.8) is 0 Å². The molecule has 0 fully saturated rings. The molecule has 0 saturated carbocycles. The lowest BCUT2D eigenvalue weighted by molar-refractivity contribution is 0.0395. The molecule has 0 aromatic heterocycles. The van der Waals surface area contributed by atoms with Gasteiger partial charge in [-0.25, -0.2) is 0 Å². The number of hydrogen-bond acceptors (Lipinski definition) is 5. The SMILES string of the molecule is COCC(CC(C)C)N1C(=O)c2ccc3c4c(ccc(c24)C1=O)C(=O)N(C)C3=O. The van der Waals surface area contributed by atoms with Crippen LogP contribution < -0.4 is 0 Å². The van der Waals surface area contributed by atoms with Crippen molar-refractivity contribution in [2.24, 2.45) is 5.92 Å². The van der Waals surface area contributed by atoms with Gasteiger partial charge in [-0.15, -0.1) is 0 Å². The molecule has 0 aliphatic carbocycles. The maximum atomic E-state index is 13.3. The molecule has 4 amide bonds. The molecule has 150 valence electrons. The van der Waals surface area contributed by atoms with Gasteiger partial charge in [0.25, 0.3) is 23.6 Å². The fraction of sp³-hybridized carbons (Fsp3) is 0.364. The van der Waals surface area contributed by atoms with Crippen LogP contribution in [-0.2, 0) is 4.74 Å². The maximum absolute atomic E-state index is 13.3. The van der Waals surface area contributed by atoms with Gasteiger partial charge >= 0.3 is 0 Å². The fourth-order valence-electron chi connectivity index (χ4n) is 4.33. The Hall–Kier alpha value is -3.06. The summed E-state index contributed by atoms with van der Waals surface area (Å²) in [5.74, 6) is -1.46. The van der Waals surface area contributed by atoms with Crippen LogP contribution in [0.25, 0.3) is 10.8 Å². The number of carbonyl (C=O) groups excluding carboxylic acids is 4. The van der Waals surface area contributed by atoms with Crippen LogP contribution in [0.4, 0.5) is 0 Å². The first-order valence-corrected chi connectivity index (χ1v) is 9.56. The number of ether oxygens (including phenoxy) is 1. The minimum atomic E-state index is -0.439. The van der Waals surface area contributed by atoms with E-state index in [1.54, 1.807) is 31.4 Å². The number of imide groups is 2. The van der Waals surface area contributed by atoms with E-state index < -0.39 is 29.7 Å². The van der Waals surface area contributed by atoms with Gasteiger partial charge in [-0.2, -0.15) is 0 Å². The van der Waals surface area contributed by atoms with Crippen molar-refractivity contribution in [2.75, 3.05) is 20.8 Å². The van der Waals surface area contributed by atoms with E-state index in [9.17, 15) is 19.2 Å². The third kappa shape index (κ3) is 2.68. The van der Waals surface area contributed by atoms with E-state index in [4.69, 9.17) is 4.74 Å². The number of rotatable bonds is 5. The van der Waals surface area contributed by atoms with Gasteiger partial charge in [0.1, 0.15) is 0 Å². The minimum absolute atomic E-state index is 0.242. The molecule has 2 aliphatic rings. The predicted molar refractivity (Wildman–Crippen MR) is 106 cm³/mol. The topological polar surface area (TPSA) is 84.0 Å². The van der Waals surface area contributed by atoms with Gasteiger partial charge in [0.15, 0.2) is 0 Å². The van der Waals surface area contributed by atoms with Crippen LogP contribution in [0.2, 0.25) is 0 Å². The Morgan fingerprint density at radius 2 is 1.21 bits per heavy atom. The molecular weight excluding hydrogens is 372 g/mol. The van der Waals surface area contributed by atoms with Gasteiger partial charge in [0.2, 0.25) is 0 Å². The van der Waals surface area contributed by atoms with E-state index in [0.29, 0.717) is 39.4 Å². The van der Waals surface area contributed by atoms with Crippen molar-refractivity contribution in [1.29, 1.82) is 0 Å². The Labute approximate surface area is 168 Å². The van der Waals surface area contributed by atoms with Gasteiger partial charge in [-0.05, 0) is 36.6 Å². The summed E-state index contributed by atoms with van der Waals surface area (Å²) < 4.78 is 5.28. The number of amides is 4. The Morgan fingerprint density at radius 3 is 1.59 bits per heavy atom. The zero-order valence-corrected chi connectivity index (χ0v) is 16.8. The fourth-order valence-corrected chi connectivity index (χ4v) is 4.33. The molecule has 1 unspecified atom stereocenters. The highest BCUT2D eigenvalue weighted by atomic mass is 16.5. The Balaban J connectivity index is 1.94. The van der Waals surface area contributed by atoms with Crippen LogP contribution in [0.3, 0.4) is 0 Å². The minimum Gasteiger partial charge on any atom is -0.383 e. The summed E-state index contributed by atoms with van der Waals surface area (Å²) in [5.41, 5.74) is 1.31. The van der Waals surface area contributed by atoms with Crippen LogP contribution in [0.15, 0.2) is 24.3 Å². The van der Waals surface area contributed by atoms with Crippen LogP contribution in [-0.4, -0.2) is 60.2 Å². The summed E-state index contributed by atoms with van der Waals surface area (Å²) in [7, 11) is 2.96. The highest BCUT2D eigenvalue weighted by Gasteiger charge is 2.41. The maximum Gasteiger partial charge on any atom is 0.261 e. The van der Waals surface area contributed by atoms with Crippen LogP contribution >= 0.6 is 0 Å². The average molecular weight is 394 g/mol. The summed E-state index contributed by atoms with van der Waals surface area (Å²) in [6.45, 7) is 4.29. The predicted octanol–water partition coefficient (Wildman–Crippen LogP) is 2.72. The Kier molecular flexibility index (Phi) is 4.50. The first kappa shape index (κ1) is 19.3. The standard InChI is InChI=1S/C22H22N2O5/c1-11(2)9-12(10-29-4)24-21(27)15-7-5-13-17-14(20(26)23(3)19(13)25)6-8-16(18(15)17)22(24)28/h5-8,11-12H,9-10H2,1-4H3. The molecule has 0 N–H and O–H groups in total. The summed E-state index contributed by atoms with van der Waals surface area (Å²) >= 11 is 0. The van der Waals surface area contributed by atoms with E-state index >= 15 is 0 Å². The van der Waals surface area contributed by atoms with Crippen LogP contribution in [0.5, 0.6) is 0 Å². The molecule has 0 bridgehead atoms. The second-order valence-electron chi connectivity index (χ2n) is 7.96. The molecule has 0 spiro atoms. The molecule has 29 heavy (non-hydrogen) atoms. The second kappa shape index (κ2) is 6.77. The average Bonchev–Trinajstić information content (AvgIpc) is 2.68. The number of hydrogen-bond donors (Lipinski definition) is 0. The van der Waals surface area contributed by atoms with Crippen LogP contribution in [0, 0.1) is 5.92 Å². The molecule has 0 radical (unpaired) electrons. The van der Waals surface area contributed by atoms with Crippen molar-refractivity contribution in [3.8, 4) is 0 Å². The lowest BCUT2D eigenvalue weighted by atomic mass is 9.85. The third-order valence-electron chi connectivity index (χ3n) is 5.60.